The van der Waals surface area contributed by atoms with Gasteiger partial charge in [-0.15, -0.1) is 0 Å². The smallest absolute Gasteiger partial charge is 0.317 e. The zero-order valence-electron chi connectivity index (χ0n) is 59.2. The normalized spacial score (nSPS) is 10.7. The molecule has 0 bridgehead atoms. The zero-order chi connectivity index (χ0) is 74.3. The van der Waals surface area contributed by atoms with Gasteiger partial charge in [-0.25, -0.2) is 53.1 Å². The highest BCUT2D eigenvalue weighted by atomic mass is 79.9. The van der Waals surface area contributed by atoms with E-state index in [9.17, 15) is 13.6 Å². The lowest BCUT2D eigenvalue weighted by atomic mass is 10.1. The summed E-state index contributed by atoms with van der Waals surface area (Å²) >= 11 is 3.39. The van der Waals surface area contributed by atoms with Gasteiger partial charge in [-0.3, -0.25) is 19.1 Å². The van der Waals surface area contributed by atoms with Crippen LogP contribution in [0.1, 0.15) is 82.4 Å². The highest BCUT2D eigenvalue weighted by molar-refractivity contribution is 9.10. The number of nitrogens with two attached hydrogens (primary N) is 3. The van der Waals surface area contributed by atoms with Gasteiger partial charge in [0.15, 0.2) is 5.65 Å². The predicted octanol–water partition coefficient (Wildman–Crippen LogP) is 15.2. The molecule has 10 N–H and O–H groups in total. The summed E-state index contributed by atoms with van der Waals surface area (Å²) in [6.07, 6.45) is 8.11. The van der Waals surface area contributed by atoms with Gasteiger partial charge >= 0.3 is 5.97 Å². The van der Waals surface area contributed by atoms with E-state index in [4.69, 9.17) is 59.5 Å². The van der Waals surface area contributed by atoms with Gasteiger partial charge in [-0.1, -0.05) is 40.2 Å². The Morgan fingerprint density at radius 3 is 1.26 bits per heavy atom. The largest absolute Gasteiger partial charge is 0.489 e. The number of ether oxygens (including phenoxy) is 7. The highest BCUT2D eigenvalue weighted by Crippen LogP contribution is 2.40. The van der Waals surface area contributed by atoms with E-state index in [2.05, 4.69) is 79.9 Å². The number of methoxy groups -OCH3 is 3. The Morgan fingerprint density at radius 2 is 0.922 bits per heavy atom. The number of aromatic nitrogens is 12. The van der Waals surface area contributed by atoms with Gasteiger partial charge in [-0.05, 0) is 129 Å². The Bertz CT molecular complexity index is 4630. The van der Waals surface area contributed by atoms with E-state index in [0.29, 0.717) is 97.3 Å². The van der Waals surface area contributed by atoms with Crippen LogP contribution in [0, 0.1) is 38.6 Å². The van der Waals surface area contributed by atoms with E-state index in [0.717, 1.165) is 32.3 Å². The average Bonchev–Trinajstić information content (AvgIpc) is 1.63. The molecule has 0 amide bonds. The SMILES string of the molecule is CN(C)CC(=O)O.COC(OC)OC.Cc1ncc(COc2cc(F)cc(Oc3ccc(-c4nn(C(C)C)c5ncnc(N)c45)cc3)c2)cn1.N.[C-]#[N+]c1c(-c2ccc(Br)cc2)nn(C(C)C)c1N.[C-]#[N+]c1c(-c2ccc(Oc3cc(F)cc(OCc4cnc(C)nc4)c3)cc2)nn(C(C)C)c1N. The number of hydrogen-bond donors (Lipinski definition) is 5. The number of nitrogen functional groups attached to an aromatic ring is 3. The van der Waals surface area contributed by atoms with Gasteiger partial charge in [0.2, 0.25) is 0 Å². The van der Waals surface area contributed by atoms with Crippen LogP contribution in [0.15, 0.2) is 145 Å². The molecule has 0 aliphatic carbocycles. The summed E-state index contributed by atoms with van der Waals surface area (Å²) in [6, 6.07) is 30.6. The molecule has 103 heavy (non-hydrogen) atoms. The van der Waals surface area contributed by atoms with Gasteiger partial charge in [0, 0.05) is 122 Å². The third-order valence-corrected chi connectivity index (χ3v) is 14.6. The van der Waals surface area contributed by atoms with Crippen LogP contribution in [-0.2, 0) is 32.2 Å². The fraction of sp³-hybridized carbons (Fsp3) is 0.278. The minimum absolute atomic E-state index is 0. The molecule has 0 atom stereocenters. The molecule has 5 aromatic carbocycles. The Hall–Kier alpha value is -11.6. The van der Waals surface area contributed by atoms with Crippen molar-refractivity contribution in [2.45, 2.75) is 93.2 Å². The van der Waals surface area contributed by atoms with Crippen LogP contribution in [0.5, 0.6) is 34.5 Å². The van der Waals surface area contributed by atoms with Crippen LogP contribution >= 0.6 is 15.9 Å². The molecule has 0 saturated carbocycles. The molecule has 540 valence electrons. The molecule has 31 heteroatoms. The van der Waals surface area contributed by atoms with Crippen molar-refractivity contribution in [1.82, 2.24) is 70.3 Å². The van der Waals surface area contributed by atoms with Gasteiger partial charge in [0.1, 0.15) is 112 Å². The summed E-state index contributed by atoms with van der Waals surface area (Å²) in [7, 11) is 7.97. The van der Waals surface area contributed by atoms with E-state index < -0.39 is 24.1 Å². The molecule has 0 radical (unpaired) electrons. The first-order chi connectivity index (χ1) is 48.7. The molecule has 0 spiro atoms. The molecule has 6 heterocycles. The van der Waals surface area contributed by atoms with Crippen molar-refractivity contribution in [1.29, 1.82) is 0 Å². The molecule has 6 aromatic heterocycles. The summed E-state index contributed by atoms with van der Waals surface area (Å²) in [5.41, 5.74) is 25.5. The van der Waals surface area contributed by atoms with Crippen molar-refractivity contribution in [2.24, 2.45) is 0 Å². The van der Waals surface area contributed by atoms with E-state index in [-0.39, 0.29) is 49.8 Å². The van der Waals surface area contributed by atoms with Crippen LogP contribution in [0.3, 0.4) is 0 Å². The maximum Gasteiger partial charge on any atom is 0.317 e. The Morgan fingerprint density at radius 1 is 0.553 bits per heavy atom. The molecule has 0 aliphatic rings. The Balaban J connectivity index is 0.000000229. The van der Waals surface area contributed by atoms with Crippen molar-refractivity contribution in [2.75, 3.05) is 59.2 Å². The average molecular weight is 1480 g/mol. The van der Waals surface area contributed by atoms with Crippen molar-refractivity contribution in [3.63, 3.8) is 0 Å². The number of nitrogens with zero attached hydrogens (tertiary/aromatic N) is 15. The number of aliphatic carboxylic acids is 1. The number of likely N-dealkylation sites (N-methyl/N-ethyl adjacent to an activating group) is 1. The van der Waals surface area contributed by atoms with Gasteiger partial charge in [-0.2, -0.15) is 15.3 Å². The van der Waals surface area contributed by atoms with Gasteiger partial charge < -0.3 is 61.6 Å². The number of carboxylic acid groups (broad SMARTS) is 1. The summed E-state index contributed by atoms with van der Waals surface area (Å²) < 4.78 is 71.4. The fourth-order valence-electron chi connectivity index (χ4n) is 9.31. The number of rotatable bonds is 21. The monoisotopic (exact) mass is 1470 g/mol. The molecular formula is C72H82BrF2N19O9. The lowest BCUT2D eigenvalue weighted by Gasteiger charge is -2.10. The Kier molecular flexibility index (Phi) is 29.9. The number of fused-ring (bicyclic) bond motifs is 1. The second-order valence-corrected chi connectivity index (χ2v) is 24.2. The summed E-state index contributed by atoms with van der Waals surface area (Å²) in [4.78, 5) is 43.4. The minimum Gasteiger partial charge on any atom is -0.489 e. The molecule has 0 fully saturated rings. The maximum atomic E-state index is 14.2. The van der Waals surface area contributed by atoms with Crippen LogP contribution in [0.25, 0.3) is 54.5 Å². The van der Waals surface area contributed by atoms with Crippen LogP contribution in [0.2, 0.25) is 0 Å². The van der Waals surface area contributed by atoms with Gasteiger partial charge in [0.25, 0.3) is 17.9 Å². The quantitative estimate of drug-likeness (QED) is 0.0329. The molecule has 0 unspecified atom stereocenters. The first kappa shape index (κ1) is 80.4. The van der Waals surface area contributed by atoms with E-state index in [1.165, 1.54) is 51.9 Å². The minimum atomic E-state index is -0.787. The van der Waals surface area contributed by atoms with E-state index in [1.807, 2.05) is 82.6 Å². The molecule has 0 saturated heterocycles. The first-order valence-electron chi connectivity index (χ1n) is 31.4. The van der Waals surface area contributed by atoms with Crippen molar-refractivity contribution >= 4 is 61.8 Å². The number of aryl methyl sites for hydroxylation is 2. The maximum absolute atomic E-state index is 14.2. The summed E-state index contributed by atoms with van der Waals surface area (Å²) in [6.45, 7) is 30.3. The number of carbonyl (C=O) groups is 1. The first-order valence-corrected chi connectivity index (χ1v) is 32.2. The second-order valence-electron chi connectivity index (χ2n) is 23.3. The molecular weight excluding hydrogens is 1390 g/mol. The molecule has 11 rings (SSSR count). The van der Waals surface area contributed by atoms with Crippen molar-refractivity contribution in [3.8, 4) is 68.3 Å². The zero-order valence-corrected chi connectivity index (χ0v) is 60.8. The lowest BCUT2D eigenvalue weighted by Crippen LogP contribution is -2.20. The third-order valence-electron chi connectivity index (χ3n) is 14.1. The predicted molar refractivity (Wildman–Crippen MR) is 392 cm³/mol. The topological polar surface area (TPSA) is 358 Å². The van der Waals surface area contributed by atoms with Crippen LogP contribution in [0.4, 0.5) is 37.6 Å². The van der Waals surface area contributed by atoms with Gasteiger partial charge in [0.05, 0.1) is 25.1 Å². The number of carboxylic acids is 1. The lowest BCUT2D eigenvalue weighted by molar-refractivity contribution is -0.252. The van der Waals surface area contributed by atoms with Crippen molar-refractivity contribution in [3.05, 3.63) is 202 Å². The third kappa shape index (κ3) is 22.7. The highest BCUT2D eigenvalue weighted by Gasteiger charge is 2.22. The molecule has 28 nitrogen and oxygen atoms in total. The fourth-order valence-corrected chi connectivity index (χ4v) is 9.58. The Labute approximate surface area is 603 Å². The van der Waals surface area contributed by atoms with Crippen LogP contribution in [-0.4, -0.2) is 124 Å². The summed E-state index contributed by atoms with van der Waals surface area (Å²) in [5, 5.41) is 22.4. The number of hydrogen-bond acceptors (Lipinski definition) is 22. The van der Waals surface area contributed by atoms with Crippen molar-refractivity contribution < 1.29 is 51.8 Å². The summed E-state index contributed by atoms with van der Waals surface area (Å²) in [5.74, 6) is 3.00. The van der Waals surface area contributed by atoms with Crippen LogP contribution < -0.4 is 42.3 Å². The second kappa shape index (κ2) is 38.3. The molecule has 11 aromatic rings. The standard InChI is InChI=1S/C26H24FN7O2.C25H23FN6O2.C13H13BrN4.C4H9NO2.C4H10O3.H3N/c1-15(2)34-26-23(25(28)31-14-32-26)24(33-34)18-4-6-20(7-5-18)36-22-9-19(27)8-21(10-22)35-13-17-11-29-16(3)30-12-17;1-15(2)32-25(27)24(28-4)23(31-32)18-5-7-20(8-6-18)34-22-10-19(26)9-21(11-22)33-14-17-12-29-16(3)30-13-17;1-8(2)18-13(15)12(16-3)11(17-18)9-4-6-10(14)7-5-9;1-5(2)3-4(6)7;1-5-4(6-2)7-3;/h4-12,14-15H,13H2,1-3H3,(H2,28,31,32);5-13,15H,14,27H2,1-3H3;4-8H,15H2,1-2H3;3H2,1-2H3,(H,6,7);4H,1-3H3;1H3. The van der Waals surface area contributed by atoms with E-state index >= 15 is 0 Å². The number of anilines is 3. The van der Waals surface area contributed by atoms with E-state index in [1.54, 1.807) is 116 Å². The molecule has 0 aliphatic heterocycles. The number of halogens is 3. The number of benzene rings is 5.